The molecule has 1 N–H and O–H groups in total. The van der Waals surface area contributed by atoms with E-state index in [-0.39, 0.29) is 29.2 Å². The number of piperidine rings is 1. The van der Waals surface area contributed by atoms with E-state index in [1.807, 2.05) is 35.5 Å². The van der Waals surface area contributed by atoms with Gasteiger partial charge in [-0.15, -0.1) is 11.3 Å². The molecule has 0 unspecified atom stereocenters. The van der Waals surface area contributed by atoms with E-state index in [1.165, 1.54) is 30.5 Å². The third kappa shape index (κ3) is 3.37. The fraction of sp³-hybridized carbons (Fsp3) is 0.536. The molecule has 2 aliphatic heterocycles. The second-order valence-electron chi connectivity index (χ2n) is 11.2. The molecule has 1 saturated heterocycles. The van der Waals surface area contributed by atoms with E-state index < -0.39 is 0 Å². The first-order valence-electron chi connectivity index (χ1n) is 12.9. The van der Waals surface area contributed by atoms with Crippen molar-refractivity contribution in [2.24, 2.45) is 11.8 Å². The molecule has 1 aromatic heterocycles. The maximum Gasteiger partial charge on any atom is 0.246 e. The molecule has 5 atom stereocenters. The summed E-state index contributed by atoms with van der Waals surface area (Å²) in [6, 6.07) is 6.50. The molecule has 1 amide bonds. The summed E-state index contributed by atoms with van der Waals surface area (Å²) in [6.07, 6.45) is 10.4. The summed E-state index contributed by atoms with van der Waals surface area (Å²) in [5.74, 6) is 2.36. The molecule has 3 aliphatic carbocycles. The SMILES string of the molecule is CN(C(=O)/C=C/c1cc(Br)cs1)[C@H]1CC[C@H]2[C@H]3Cc4ccc(O)c5c4[C@@]2(CCN3CC2CC2)[C@H]1O5. The van der Waals surface area contributed by atoms with E-state index in [0.29, 0.717) is 17.7 Å². The van der Waals surface area contributed by atoms with E-state index in [0.717, 1.165) is 47.5 Å². The summed E-state index contributed by atoms with van der Waals surface area (Å²) in [7, 11) is 1.92. The standard InChI is InChI=1S/C28H31BrN2O3S/c1-30(24(33)9-5-19-13-18(29)15-35-19)21-7-6-20-22-12-17-4-8-23(32)26-25(17)28(20,27(21)34-26)10-11-31(22)14-16-2-3-16/h4-5,8-9,13,15-16,20-22,27,32H,2-3,6-7,10-12,14H2,1H3/b9-5+/t20-,21-,22+,27-,28-/m0/s1. The van der Waals surface area contributed by atoms with Crippen molar-refractivity contribution in [2.45, 2.75) is 62.1 Å². The van der Waals surface area contributed by atoms with E-state index in [4.69, 9.17) is 4.74 Å². The average molecular weight is 556 g/mol. The summed E-state index contributed by atoms with van der Waals surface area (Å²) >= 11 is 5.10. The minimum Gasteiger partial charge on any atom is -0.504 e. The number of likely N-dealkylation sites (N-methyl/N-ethyl adjacent to an activating group) is 1. The lowest BCUT2D eigenvalue weighted by Crippen LogP contribution is -2.69. The number of likely N-dealkylation sites (tertiary alicyclic amines) is 1. The Bertz CT molecular complexity index is 1220. The van der Waals surface area contributed by atoms with Crippen LogP contribution in [-0.2, 0) is 16.6 Å². The predicted octanol–water partition coefficient (Wildman–Crippen LogP) is 5.21. The van der Waals surface area contributed by atoms with Gasteiger partial charge in [-0.1, -0.05) is 6.07 Å². The topological polar surface area (TPSA) is 53.0 Å². The highest BCUT2D eigenvalue weighted by atomic mass is 79.9. The third-order valence-corrected chi connectivity index (χ3v) is 11.1. The first-order valence-corrected chi connectivity index (χ1v) is 14.6. The number of halogens is 1. The average Bonchev–Trinajstić information content (AvgIpc) is 3.46. The Morgan fingerprint density at radius 1 is 1.34 bits per heavy atom. The minimum absolute atomic E-state index is 0.00754. The molecule has 7 heteroatoms. The molecule has 5 aliphatic rings. The zero-order valence-corrected chi connectivity index (χ0v) is 22.4. The number of benzene rings is 1. The van der Waals surface area contributed by atoms with Crippen LogP contribution in [0.15, 0.2) is 34.1 Å². The highest BCUT2D eigenvalue weighted by Gasteiger charge is 2.66. The van der Waals surface area contributed by atoms with Crippen LogP contribution >= 0.6 is 27.3 Å². The molecular weight excluding hydrogens is 524 g/mol. The second-order valence-corrected chi connectivity index (χ2v) is 13.0. The van der Waals surface area contributed by atoms with Crippen LogP contribution in [0, 0.1) is 11.8 Å². The zero-order chi connectivity index (χ0) is 23.9. The molecule has 35 heavy (non-hydrogen) atoms. The second kappa shape index (κ2) is 8.09. The molecule has 5 nitrogen and oxygen atoms in total. The molecule has 0 radical (unpaired) electrons. The number of hydrogen-bond acceptors (Lipinski definition) is 5. The Morgan fingerprint density at radius 2 is 2.20 bits per heavy atom. The molecule has 3 heterocycles. The first kappa shape index (κ1) is 22.4. The van der Waals surface area contributed by atoms with Crippen molar-refractivity contribution in [3.05, 3.63) is 50.1 Å². The molecule has 7 rings (SSSR count). The van der Waals surface area contributed by atoms with Crippen LogP contribution in [0.5, 0.6) is 11.5 Å². The number of amides is 1. The van der Waals surface area contributed by atoms with Crippen molar-refractivity contribution in [3.8, 4) is 11.5 Å². The number of rotatable bonds is 5. The van der Waals surface area contributed by atoms with Crippen molar-refractivity contribution in [2.75, 3.05) is 20.1 Å². The summed E-state index contributed by atoms with van der Waals surface area (Å²) in [4.78, 5) is 19.0. The third-order valence-electron chi connectivity index (χ3n) is 9.41. The molecule has 2 saturated carbocycles. The summed E-state index contributed by atoms with van der Waals surface area (Å²) in [5, 5.41) is 12.8. The number of phenols is 1. The van der Waals surface area contributed by atoms with Gasteiger partial charge < -0.3 is 14.7 Å². The Balaban J connectivity index is 1.23. The lowest BCUT2D eigenvalue weighted by atomic mass is 9.51. The van der Waals surface area contributed by atoms with Gasteiger partial charge in [-0.3, -0.25) is 9.69 Å². The van der Waals surface area contributed by atoms with Crippen LogP contribution < -0.4 is 4.74 Å². The first-order chi connectivity index (χ1) is 17.0. The number of thiophene rings is 1. The van der Waals surface area contributed by atoms with Gasteiger partial charge in [0.05, 0.1) is 6.04 Å². The van der Waals surface area contributed by atoms with E-state index in [1.54, 1.807) is 17.4 Å². The van der Waals surface area contributed by atoms with E-state index in [9.17, 15) is 9.90 Å². The number of nitrogens with zero attached hydrogens (tertiary/aromatic N) is 2. The quantitative estimate of drug-likeness (QED) is 0.515. The van der Waals surface area contributed by atoms with Crippen LogP contribution in [0.1, 0.15) is 48.1 Å². The van der Waals surface area contributed by atoms with Gasteiger partial charge in [-0.05, 0) is 96.6 Å². The van der Waals surface area contributed by atoms with Gasteiger partial charge >= 0.3 is 0 Å². The van der Waals surface area contributed by atoms with Gasteiger partial charge in [0.2, 0.25) is 5.91 Å². The van der Waals surface area contributed by atoms with Gasteiger partial charge in [0.1, 0.15) is 6.10 Å². The van der Waals surface area contributed by atoms with Gasteiger partial charge in [0.25, 0.3) is 0 Å². The zero-order valence-electron chi connectivity index (χ0n) is 20.0. The van der Waals surface area contributed by atoms with Crippen LogP contribution in [0.2, 0.25) is 0 Å². The number of hydrogen-bond donors (Lipinski definition) is 1. The molecule has 184 valence electrons. The van der Waals surface area contributed by atoms with Crippen LogP contribution in [0.3, 0.4) is 0 Å². The van der Waals surface area contributed by atoms with Gasteiger partial charge in [0, 0.05) is 51.4 Å². The maximum atomic E-state index is 13.3. The maximum absolute atomic E-state index is 13.3. The number of aromatic hydroxyl groups is 1. The van der Waals surface area contributed by atoms with Crippen molar-refractivity contribution >= 4 is 39.2 Å². The minimum atomic E-state index is -0.105. The van der Waals surface area contributed by atoms with Crippen molar-refractivity contribution in [1.29, 1.82) is 0 Å². The highest BCUT2D eigenvalue weighted by molar-refractivity contribution is 9.10. The number of carbonyl (C=O) groups is 1. The highest BCUT2D eigenvalue weighted by Crippen LogP contribution is 2.64. The van der Waals surface area contributed by atoms with Gasteiger partial charge in [-0.25, -0.2) is 0 Å². The Labute approximate surface area is 218 Å². The Morgan fingerprint density at radius 3 is 2.97 bits per heavy atom. The smallest absolute Gasteiger partial charge is 0.246 e. The Hall–Kier alpha value is -1.83. The number of phenolic OH excluding ortho intramolecular Hbond substituents is 1. The Kier molecular flexibility index (Phi) is 5.17. The van der Waals surface area contributed by atoms with Crippen molar-refractivity contribution < 1.29 is 14.6 Å². The predicted molar refractivity (Wildman–Crippen MR) is 141 cm³/mol. The van der Waals surface area contributed by atoms with Gasteiger partial charge in [0.15, 0.2) is 11.5 Å². The molecule has 2 bridgehead atoms. The molecule has 1 spiro atoms. The number of carbonyl (C=O) groups excluding carboxylic acids is 1. The van der Waals surface area contributed by atoms with E-state index in [2.05, 4.69) is 26.9 Å². The van der Waals surface area contributed by atoms with Gasteiger partial charge in [-0.2, -0.15) is 0 Å². The largest absolute Gasteiger partial charge is 0.504 e. The summed E-state index contributed by atoms with van der Waals surface area (Å²) in [5.41, 5.74) is 2.51. The fourth-order valence-electron chi connectivity index (χ4n) is 7.70. The van der Waals surface area contributed by atoms with Crippen LogP contribution in [0.4, 0.5) is 0 Å². The van der Waals surface area contributed by atoms with Crippen molar-refractivity contribution in [1.82, 2.24) is 9.80 Å². The lowest BCUT2D eigenvalue weighted by Gasteiger charge is -2.60. The monoisotopic (exact) mass is 554 g/mol. The van der Waals surface area contributed by atoms with Crippen molar-refractivity contribution in [3.63, 3.8) is 0 Å². The normalized spacial score (nSPS) is 33.0. The summed E-state index contributed by atoms with van der Waals surface area (Å²) in [6.45, 7) is 2.32. The molecule has 2 aromatic rings. The van der Waals surface area contributed by atoms with E-state index >= 15 is 0 Å². The number of ether oxygens (including phenoxy) is 1. The fourth-order valence-corrected chi connectivity index (χ4v) is 9.04. The lowest BCUT2D eigenvalue weighted by molar-refractivity contribution is -0.135. The van der Waals surface area contributed by atoms with Crippen LogP contribution in [-0.4, -0.2) is 59.1 Å². The van der Waals surface area contributed by atoms with Crippen LogP contribution in [0.25, 0.3) is 6.08 Å². The summed E-state index contributed by atoms with van der Waals surface area (Å²) < 4.78 is 7.73. The molecule has 1 aromatic carbocycles. The molecular formula is C28H31BrN2O3S. The molecule has 3 fully saturated rings.